The van der Waals surface area contributed by atoms with E-state index in [0.29, 0.717) is 11.6 Å². The molecular formula is C22H28BN5O4. The van der Waals surface area contributed by atoms with Gasteiger partial charge in [-0.1, -0.05) is 0 Å². The summed E-state index contributed by atoms with van der Waals surface area (Å²) in [7, 11) is -0.464. The predicted molar refractivity (Wildman–Crippen MR) is 119 cm³/mol. The number of rotatable bonds is 5. The van der Waals surface area contributed by atoms with E-state index < -0.39 is 18.3 Å². The number of fused-ring (bicyclic) bond motifs is 1. The molecule has 0 amide bonds. The van der Waals surface area contributed by atoms with E-state index in [9.17, 15) is 0 Å². The van der Waals surface area contributed by atoms with Crippen LogP contribution in [0.15, 0.2) is 36.7 Å². The zero-order valence-electron chi connectivity index (χ0n) is 18.9. The first-order chi connectivity index (χ1) is 15.3. The Morgan fingerprint density at radius 3 is 2.44 bits per heavy atom. The van der Waals surface area contributed by atoms with Gasteiger partial charge in [-0.25, -0.2) is 4.52 Å². The van der Waals surface area contributed by atoms with E-state index in [0.717, 1.165) is 49.5 Å². The van der Waals surface area contributed by atoms with Crippen molar-refractivity contribution in [3.8, 4) is 11.6 Å². The highest BCUT2D eigenvalue weighted by Gasteiger charge is 2.52. The van der Waals surface area contributed by atoms with Gasteiger partial charge in [-0.15, -0.1) is 5.10 Å². The summed E-state index contributed by atoms with van der Waals surface area (Å²) in [6.45, 7) is 12.3. The molecule has 5 heterocycles. The molecule has 3 aromatic heterocycles. The fourth-order valence-electron chi connectivity index (χ4n) is 3.79. The maximum Gasteiger partial charge on any atom is 0.498 e. The van der Waals surface area contributed by atoms with E-state index >= 15 is 0 Å². The number of pyridine rings is 1. The molecule has 2 aliphatic heterocycles. The Morgan fingerprint density at radius 2 is 1.75 bits per heavy atom. The zero-order chi connectivity index (χ0) is 22.3. The van der Waals surface area contributed by atoms with Crippen LogP contribution in [0.1, 0.15) is 33.4 Å². The third-order valence-electron chi connectivity index (χ3n) is 6.43. The highest BCUT2D eigenvalue weighted by Crippen LogP contribution is 2.36. The molecule has 0 bridgehead atoms. The van der Waals surface area contributed by atoms with Crippen LogP contribution in [-0.2, 0) is 20.6 Å². The molecule has 10 heteroatoms. The smallest absolute Gasteiger partial charge is 0.436 e. The minimum absolute atomic E-state index is 0.401. The molecule has 32 heavy (non-hydrogen) atoms. The Balaban J connectivity index is 1.28. The summed E-state index contributed by atoms with van der Waals surface area (Å²) in [6, 6.07) is 7.62. The Hall–Kier alpha value is -2.53. The van der Waals surface area contributed by atoms with Crippen molar-refractivity contribution in [2.24, 2.45) is 0 Å². The van der Waals surface area contributed by atoms with Crippen molar-refractivity contribution in [1.29, 1.82) is 0 Å². The van der Waals surface area contributed by atoms with Gasteiger partial charge in [0.15, 0.2) is 0 Å². The number of ether oxygens (including phenoxy) is 2. The van der Waals surface area contributed by atoms with Gasteiger partial charge >= 0.3 is 7.12 Å². The largest absolute Gasteiger partial charge is 0.498 e. The molecule has 0 aromatic carbocycles. The summed E-state index contributed by atoms with van der Waals surface area (Å²) in [4.78, 5) is 2.30. The molecule has 9 nitrogen and oxygen atoms in total. The summed E-state index contributed by atoms with van der Waals surface area (Å²) in [5.41, 5.74) is 1.91. The van der Waals surface area contributed by atoms with Gasteiger partial charge in [0.05, 0.1) is 41.8 Å². The fourth-order valence-corrected chi connectivity index (χ4v) is 3.79. The molecule has 0 radical (unpaired) electrons. The fraction of sp³-hybridized carbons (Fsp3) is 0.500. The van der Waals surface area contributed by atoms with Crippen molar-refractivity contribution in [1.82, 2.24) is 24.7 Å². The number of hydrogen-bond acceptors (Lipinski definition) is 8. The summed E-state index contributed by atoms with van der Waals surface area (Å²) in [6.07, 6.45) is 3.59. The molecule has 0 saturated carbocycles. The maximum atomic E-state index is 6.17. The molecule has 2 saturated heterocycles. The van der Waals surface area contributed by atoms with Crippen LogP contribution in [0.2, 0.25) is 0 Å². The van der Waals surface area contributed by atoms with Crippen molar-refractivity contribution in [3.05, 3.63) is 42.4 Å². The highest BCUT2D eigenvalue weighted by molar-refractivity contribution is 6.64. The lowest BCUT2D eigenvalue weighted by molar-refractivity contribution is 0.00578. The first kappa shape index (κ1) is 21.3. The van der Waals surface area contributed by atoms with Crippen LogP contribution in [0.25, 0.3) is 5.52 Å². The quantitative estimate of drug-likeness (QED) is 0.561. The summed E-state index contributed by atoms with van der Waals surface area (Å²) in [5.74, 6) is 1.06. The van der Waals surface area contributed by atoms with Crippen molar-refractivity contribution in [2.45, 2.75) is 45.4 Å². The van der Waals surface area contributed by atoms with E-state index in [2.05, 4.69) is 20.2 Å². The Labute approximate surface area is 187 Å². The van der Waals surface area contributed by atoms with E-state index in [4.69, 9.17) is 18.8 Å². The van der Waals surface area contributed by atoms with Crippen molar-refractivity contribution >= 4 is 18.1 Å². The molecule has 2 aliphatic rings. The van der Waals surface area contributed by atoms with E-state index in [1.165, 1.54) is 0 Å². The Morgan fingerprint density at radius 1 is 1.00 bits per heavy atom. The lowest BCUT2D eigenvalue weighted by Crippen LogP contribution is -2.41. The predicted octanol–water partition coefficient (Wildman–Crippen LogP) is 2.05. The van der Waals surface area contributed by atoms with Gasteiger partial charge < -0.3 is 18.8 Å². The van der Waals surface area contributed by atoms with E-state index in [1.807, 2.05) is 58.2 Å². The topological polar surface area (TPSA) is 83.2 Å². The minimum Gasteiger partial charge on any atom is -0.436 e. The molecule has 2 fully saturated rings. The van der Waals surface area contributed by atoms with Gasteiger partial charge in [0, 0.05) is 37.4 Å². The van der Waals surface area contributed by atoms with E-state index in [-0.39, 0.29) is 0 Å². The number of morpholine rings is 1. The van der Waals surface area contributed by atoms with Gasteiger partial charge in [-0.05, 0) is 45.9 Å². The third-order valence-corrected chi connectivity index (χ3v) is 6.43. The van der Waals surface area contributed by atoms with Crippen LogP contribution < -0.4 is 10.2 Å². The normalized spacial score (nSPS) is 20.7. The lowest BCUT2D eigenvalue weighted by Gasteiger charge is -2.32. The van der Waals surface area contributed by atoms with Gasteiger partial charge in [-0.3, -0.25) is 4.90 Å². The molecule has 0 aliphatic carbocycles. The summed E-state index contributed by atoms with van der Waals surface area (Å²) in [5, 5.41) is 13.0. The molecule has 3 aromatic rings. The first-order valence-corrected chi connectivity index (χ1v) is 10.9. The van der Waals surface area contributed by atoms with Gasteiger partial charge in [0.25, 0.3) is 0 Å². The summed E-state index contributed by atoms with van der Waals surface area (Å²) < 4.78 is 25.4. The monoisotopic (exact) mass is 437 g/mol. The first-order valence-electron chi connectivity index (χ1n) is 10.9. The Kier molecular flexibility index (Phi) is 5.41. The third kappa shape index (κ3) is 4.11. The van der Waals surface area contributed by atoms with Crippen LogP contribution in [0.4, 0.5) is 0 Å². The number of nitrogens with zero attached hydrogens (tertiary/aromatic N) is 5. The molecule has 168 valence electrons. The van der Waals surface area contributed by atoms with E-state index in [1.54, 1.807) is 10.7 Å². The van der Waals surface area contributed by atoms with Crippen LogP contribution >= 0.6 is 0 Å². The second-order valence-corrected chi connectivity index (χ2v) is 9.24. The minimum atomic E-state index is -0.464. The molecule has 0 spiro atoms. The molecule has 0 atom stereocenters. The van der Waals surface area contributed by atoms with Gasteiger partial charge in [0.1, 0.15) is 5.75 Å². The number of aromatic nitrogens is 4. The van der Waals surface area contributed by atoms with Crippen LogP contribution in [0, 0.1) is 0 Å². The molecule has 5 rings (SSSR count). The molecular weight excluding hydrogens is 409 g/mol. The highest BCUT2D eigenvalue weighted by atomic mass is 16.7. The van der Waals surface area contributed by atoms with Gasteiger partial charge in [0.2, 0.25) is 5.88 Å². The average molecular weight is 437 g/mol. The standard InChI is InChI=1S/C22H28BN5O4/c1-21(2)22(3,4)32-23(31-21)18-13-24-28-15-17(6-7-19(18)28)30-20-8-5-16(25-26-20)14-27-9-11-29-12-10-27/h5-8,13,15H,9-12,14H2,1-4H3. The molecule has 0 N–H and O–H groups in total. The summed E-state index contributed by atoms with van der Waals surface area (Å²) >= 11 is 0. The van der Waals surface area contributed by atoms with Crippen LogP contribution in [0.3, 0.4) is 0 Å². The number of hydrogen-bond donors (Lipinski definition) is 0. The Bertz CT molecular complexity index is 1080. The lowest BCUT2D eigenvalue weighted by atomic mass is 9.80. The van der Waals surface area contributed by atoms with Crippen molar-refractivity contribution in [2.75, 3.05) is 26.3 Å². The zero-order valence-corrected chi connectivity index (χ0v) is 18.9. The van der Waals surface area contributed by atoms with Gasteiger partial charge in [-0.2, -0.15) is 10.2 Å². The molecule has 0 unspecified atom stereocenters. The maximum absolute atomic E-state index is 6.17. The average Bonchev–Trinajstić information content (AvgIpc) is 3.27. The van der Waals surface area contributed by atoms with Crippen molar-refractivity contribution in [3.63, 3.8) is 0 Å². The van der Waals surface area contributed by atoms with Crippen LogP contribution in [0.5, 0.6) is 11.6 Å². The second-order valence-electron chi connectivity index (χ2n) is 9.24. The second kappa shape index (κ2) is 8.11. The SMILES string of the molecule is CC1(C)OB(c2cnn3cc(Oc4ccc(CN5CCOCC5)nn4)ccc23)OC1(C)C. The van der Waals surface area contributed by atoms with Crippen molar-refractivity contribution < 1.29 is 18.8 Å². The van der Waals surface area contributed by atoms with Crippen LogP contribution in [-0.4, -0.2) is 69.3 Å².